The monoisotopic (exact) mass is 380 g/mol. The molecule has 0 atom stereocenters. The van der Waals surface area contributed by atoms with Crippen LogP contribution in [-0.2, 0) is 4.79 Å². The van der Waals surface area contributed by atoms with Gasteiger partial charge in [0.25, 0.3) is 0 Å². The lowest BCUT2D eigenvalue weighted by Gasteiger charge is -2.09. The first-order valence-corrected chi connectivity index (χ1v) is 5.77. The smallest absolute Gasteiger partial charge is 0.238 e. The molecular weight excluding hydrogens is 375 g/mol. The number of phenolic OH excluding ortho intramolecular Hbond substituents is 1. The van der Waals surface area contributed by atoms with Gasteiger partial charge in [-0.2, -0.15) is 5.26 Å². The van der Waals surface area contributed by atoms with Crippen LogP contribution in [0.4, 0.5) is 5.69 Å². The van der Waals surface area contributed by atoms with E-state index in [9.17, 15) is 9.90 Å². The molecule has 0 radical (unpaired) electrons. The SMILES string of the molecule is N#CCC(=O)Nc1c(Br)ccc(I)c1O. The average Bonchev–Trinajstić information content (AvgIpc) is 2.19. The Morgan fingerprint density at radius 3 is 2.93 bits per heavy atom. The third-order valence-electron chi connectivity index (χ3n) is 1.58. The Balaban J connectivity index is 3.00. The zero-order chi connectivity index (χ0) is 11.4. The molecule has 0 heterocycles. The number of nitriles is 1. The highest BCUT2D eigenvalue weighted by Crippen LogP contribution is 2.35. The van der Waals surface area contributed by atoms with E-state index in [2.05, 4.69) is 21.2 Å². The van der Waals surface area contributed by atoms with Crippen molar-refractivity contribution < 1.29 is 9.90 Å². The van der Waals surface area contributed by atoms with Gasteiger partial charge in [0, 0.05) is 4.47 Å². The summed E-state index contributed by atoms with van der Waals surface area (Å²) < 4.78 is 1.20. The molecule has 0 unspecified atom stereocenters. The lowest BCUT2D eigenvalue weighted by Crippen LogP contribution is -2.11. The molecule has 0 spiro atoms. The molecule has 0 fully saturated rings. The number of anilines is 1. The maximum absolute atomic E-state index is 11.2. The lowest BCUT2D eigenvalue weighted by molar-refractivity contribution is -0.115. The Kier molecular flexibility index (Phi) is 4.35. The minimum absolute atomic E-state index is 0.00346. The minimum Gasteiger partial charge on any atom is -0.505 e. The van der Waals surface area contributed by atoms with Gasteiger partial charge in [0.15, 0.2) is 5.75 Å². The van der Waals surface area contributed by atoms with Crippen molar-refractivity contribution >= 4 is 50.1 Å². The summed E-state index contributed by atoms with van der Waals surface area (Å²) in [6.07, 6.45) is -0.239. The van der Waals surface area contributed by atoms with E-state index in [4.69, 9.17) is 5.26 Å². The number of hydrogen-bond donors (Lipinski definition) is 2. The second-order valence-electron chi connectivity index (χ2n) is 2.64. The van der Waals surface area contributed by atoms with Gasteiger partial charge in [-0.25, -0.2) is 0 Å². The highest BCUT2D eigenvalue weighted by Gasteiger charge is 2.12. The zero-order valence-corrected chi connectivity index (χ0v) is 11.2. The number of rotatable bonds is 2. The maximum atomic E-state index is 11.2. The lowest BCUT2D eigenvalue weighted by atomic mass is 10.3. The van der Waals surface area contributed by atoms with E-state index >= 15 is 0 Å². The summed E-state index contributed by atoms with van der Waals surface area (Å²) in [6.45, 7) is 0. The molecular formula is C9H6BrIN2O2. The quantitative estimate of drug-likeness (QED) is 0.611. The Labute approximate surface area is 109 Å². The average molecular weight is 381 g/mol. The number of benzene rings is 1. The molecule has 0 aliphatic carbocycles. The van der Waals surface area contributed by atoms with Crippen molar-refractivity contribution in [2.75, 3.05) is 5.32 Å². The van der Waals surface area contributed by atoms with Crippen LogP contribution >= 0.6 is 38.5 Å². The van der Waals surface area contributed by atoms with Crippen molar-refractivity contribution in [3.63, 3.8) is 0 Å². The van der Waals surface area contributed by atoms with Gasteiger partial charge < -0.3 is 10.4 Å². The standard InChI is InChI=1S/C9H6BrIN2O2/c10-5-1-2-6(11)9(15)8(5)13-7(14)3-4-12/h1-2,15H,3H2,(H,13,14). The summed E-state index contributed by atoms with van der Waals surface area (Å²) in [7, 11) is 0. The summed E-state index contributed by atoms with van der Waals surface area (Å²) in [5.74, 6) is -0.452. The first-order valence-electron chi connectivity index (χ1n) is 3.90. The Bertz CT molecular complexity index is 442. The van der Waals surface area contributed by atoms with Gasteiger partial charge in [-0.1, -0.05) is 0 Å². The van der Waals surface area contributed by atoms with E-state index in [-0.39, 0.29) is 12.2 Å². The van der Waals surface area contributed by atoms with Crippen molar-refractivity contribution in [3.05, 3.63) is 20.2 Å². The Morgan fingerprint density at radius 2 is 2.33 bits per heavy atom. The highest BCUT2D eigenvalue weighted by atomic mass is 127. The second-order valence-corrected chi connectivity index (χ2v) is 4.65. The second kappa shape index (κ2) is 5.32. The molecule has 1 rings (SSSR count). The molecule has 15 heavy (non-hydrogen) atoms. The first-order chi connectivity index (χ1) is 7.06. The van der Waals surface area contributed by atoms with Gasteiger partial charge in [-0.15, -0.1) is 0 Å². The fourth-order valence-corrected chi connectivity index (χ4v) is 1.78. The van der Waals surface area contributed by atoms with E-state index in [1.54, 1.807) is 18.2 Å². The van der Waals surface area contributed by atoms with Crippen LogP contribution in [-0.4, -0.2) is 11.0 Å². The van der Waals surface area contributed by atoms with E-state index in [1.165, 1.54) is 0 Å². The number of carbonyl (C=O) groups is 1. The van der Waals surface area contributed by atoms with Crippen molar-refractivity contribution in [1.82, 2.24) is 0 Å². The van der Waals surface area contributed by atoms with Gasteiger partial charge in [-0.3, -0.25) is 4.79 Å². The third-order valence-corrected chi connectivity index (χ3v) is 3.11. The number of amides is 1. The molecule has 0 saturated carbocycles. The number of halogens is 2. The Hall–Kier alpha value is -0.810. The number of nitrogens with one attached hydrogen (secondary N) is 1. The van der Waals surface area contributed by atoms with Crippen LogP contribution in [0.15, 0.2) is 16.6 Å². The molecule has 0 bridgehead atoms. The molecule has 0 aliphatic heterocycles. The topological polar surface area (TPSA) is 73.1 Å². The molecule has 0 aromatic heterocycles. The van der Waals surface area contributed by atoms with Crippen molar-refractivity contribution in [2.45, 2.75) is 6.42 Å². The fraction of sp³-hybridized carbons (Fsp3) is 0.111. The van der Waals surface area contributed by atoms with Crippen LogP contribution in [0.2, 0.25) is 0 Å². The van der Waals surface area contributed by atoms with Crippen LogP contribution in [0.25, 0.3) is 0 Å². The van der Waals surface area contributed by atoms with Gasteiger partial charge in [0.1, 0.15) is 6.42 Å². The predicted molar refractivity (Wildman–Crippen MR) is 67.4 cm³/mol. The molecule has 2 N–H and O–H groups in total. The van der Waals surface area contributed by atoms with E-state index < -0.39 is 5.91 Å². The van der Waals surface area contributed by atoms with Crippen LogP contribution in [0.5, 0.6) is 5.75 Å². The van der Waals surface area contributed by atoms with Gasteiger partial charge in [-0.05, 0) is 50.7 Å². The molecule has 1 aromatic carbocycles. The van der Waals surface area contributed by atoms with Crippen LogP contribution in [0, 0.1) is 14.9 Å². The molecule has 78 valence electrons. The molecule has 4 nitrogen and oxygen atoms in total. The van der Waals surface area contributed by atoms with Crippen LogP contribution in [0.3, 0.4) is 0 Å². The fourth-order valence-electron chi connectivity index (χ4n) is 0.915. The highest BCUT2D eigenvalue weighted by molar-refractivity contribution is 14.1. The summed E-state index contributed by atoms with van der Waals surface area (Å²) in [5, 5.41) is 20.4. The largest absolute Gasteiger partial charge is 0.505 e. The molecule has 6 heteroatoms. The molecule has 0 saturated heterocycles. The normalized spacial score (nSPS) is 9.40. The molecule has 1 aromatic rings. The van der Waals surface area contributed by atoms with E-state index in [0.29, 0.717) is 13.7 Å². The Morgan fingerprint density at radius 1 is 1.67 bits per heavy atom. The predicted octanol–water partition coefficient (Wildman–Crippen LogP) is 2.61. The number of carbonyl (C=O) groups excluding carboxylic acids is 1. The van der Waals surface area contributed by atoms with E-state index in [0.717, 1.165) is 0 Å². The van der Waals surface area contributed by atoms with Crippen molar-refractivity contribution in [2.24, 2.45) is 0 Å². The summed E-state index contributed by atoms with van der Waals surface area (Å²) >= 11 is 5.15. The summed E-state index contributed by atoms with van der Waals surface area (Å²) in [4.78, 5) is 11.2. The van der Waals surface area contributed by atoms with Crippen molar-refractivity contribution in [1.29, 1.82) is 5.26 Å². The maximum Gasteiger partial charge on any atom is 0.238 e. The first kappa shape index (κ1) is 12.3. The minimum atomic E-state index is -0.449. The van der Waals surface area contributed by atoms with Gasteiger partial charge >= 0.3 is 0 Å². The number of nitrogens with zero attached hydrogens (tertiary/aromatic N) is 1. The van der Waals surface area contributed by atoms with Gasteiger partial charge in [0.05, 0.1) is 15.3 Å². The molecule has 1 amide bonds. The molecule has 0 aliphatic rings. The number of phenols is 1. The summed E-state index contributed by atoms with van der Waals surface area (Å²) in [5.41, 5.74) is 0.294. The third kappa shape index (κ3) is 3.07. The van der Waals surface area contributed by atoms with Gasteiger partial charge in [0.2, 0.25) is 5.91 Å². The summed E-state index contributed by atoms with van der Waals surface area (Å²) in [6, 6.07) is 5.15. The van der Waals surface area contributed by atoms with E-state index in [1.807, 2.05) is 22.6 Å². The number of hydrogen-bond acceptors (Lipinski definition) is 3. The zero-order valence-electron chi connectivity index (χ0n) is 7.42. The van der Waals surface area contributed by atoms with Crippen LogP contribution < -0.4 is 5.32 Å². The van der Waals surface area contributed by atoms with Crippen molar-refractivity contribution in [3.8, 4) is 11.8 Å². The van der Waals surface area contributed by atoms with Crippen LogP contribution in [0.1, 0.15) is 6.42 Å². The number of aromatic hydroxyl groups is 1.